The smallest absolute Gasteiger partial charge is 0.311 e. The molecular formula is C15H14BrNO2. The second kappa shape index (κ2) is 5.97. The van der Waals surface area contributed by atoms with E-state index >= 15 is 0 Å². The highest BCUT2D eigenvalue weighted by Gasteiger charge is 2.21. The molecule has 0 saturated heterocycles. The van der Waals surface area contributed by atoms with Crippen molar-refractivity contribution in [1.29, 1.82) is 0 Å². The van der Waals surface area contributed by atoms with E-state index in [1.165, 1.54) is 0 Å². The third-order valence-electron chi connectivity index (χ3n) is 3.09. The van der Waals surface area contributed by atoms with E-state index in [4.69, 9.17) is 0 Å². The first-order valence-electron chi connectivity index (χ1n) is 5.95. The lowest BCUT2D eigenvalue weighted by Crippen LogP contribution is -2.15. The van der Waals surface area contributed by atoms with Crippen molar-refractivity contribution in [3.63, 3.8) is 0 Å². The fourth-order valence-corrected chi connectivity index (χ4v) is 2.33. The predicted molar refractivity (Wildman–Crippen MR) is 77.2 cm³/mol. The van der Waals surface area contributed by atoms with E-state index < -0.39 is 11.9 Å². The number of rotatable bonds is 4. The number of hydrogen-bond acceptors (Lipinski definition) is 2. The lowest BCUT2D eigenvalue weighted by Gasteiger charge is -2.15. The number of carboxylic acid groups (broad SMARTS) is 1. The molecule has 0 saturated carbocycles. The summed E-state index contributed by atoms with van der Waals surface area (Å²) in [6, 6.07) is 9.52. The number of benzene rings is 1. The van der Waals surface area contributed by atoms with Crippen molar-refractivity contribution in [2.45, 2.75) is 19.3 Å². The van der Waals surface area contributed by atoms with E-state index in [1.807, 2.05) is 31.2 Å². The van der Waals surface area contributed by atoms with E-state index in [0.29, 0.717) is 6.42 Å². The maximum absolute atomic E-state index is 11.5. The van der Waals surface area contributed by atoms with Crippen LogP contribution in [0, 0.1) is 6.92 Å². The average molecular weight is 320 g/mol. The molecule has 19 heavy (non-hydrogen) atoms. The van der Waals surface area contributed by atoms with Crippen LogP contribution in [0.25, 0.3) is 0 Å². The Balaban J connectivity index is 2.29. The Morgan fingerprint density at radius 1 is 1.32 bits per heavy atom. The number of hydrogen-bond donors (Lipinski definition) is 1. The van der Waals surface area contributed by atoms with E-state index in [2.05, 4.69) is 20.9 Å². The van der Waals surface area contributed by atoms with Gasteiger partial charge in [0.2, 0.25) is 0 Å². The van der Waals surface area contributed by atoms with E-state index in [-0.39, 0.29) is 0 Å². The van der Waals surface area contributed by atoms with E-state index in [0.717, 1.165) is 21.2 Å². The zero-order valence-electron chi connectivity index (χ0n) is 10.5. The first-order valence-corrected chi connectivity index (χ1v) is 6.75. The fourth-order valence-electron chi connectivity index (χ4n) is 2.06. The molecule has 0 aliphatic carbocycles. The number of pyridine rings is 1. The molecule has 1 aromatic carbocycles. The van der Waals surface area contributed by atoms with Crippen LogP contribution >= 0.6 is 15.9 Å². The highest BCUT2D eigenvalue weighted by Crippen LogP contribution is 2.24. The van der Waals surface area contributed by atoms with Crippen molar-refractivity contribution in [1.82, 2.24) is 4.98 Å². The van der Waals surface area contributed by atoms with Gasteiger partial charge in [-0.1, -0.05) is 28.1 Å². The second-order valence-corrected chi connectivity index (χ2v) is 5.37. The van der Waals surface area contributed by atoms with Gasteiger partial charge >= 0.3 is 5.97 Å². The summed E-state index contributed by atoms with van der Waals surface area (Å²) in [5.74, 6) is -1.35. The first kappa shape index (κ1) is 13.7. The summed E-state index contributed by atoms with van der Waals surface area (Å²) in [5.41, 5.74) is 2.74. The van der Waals surface area contributed by atoms with E-state index in [9.17, 15) is 9.90 Å². The molecule has 2 aromatic rings. The lowest BCUT2D eigenvalue weighted by molar-refractivity contribution is -0.138. The van der Waals surface area contributed by atoms with Crippen molar-refractivity contribution in [3.05, 3.63) is 63.9 Å². The van der Waals surface area contributed by atoms with E-state index in [1.54, 1.807) is 18.5 Å². The number of aliphatic carboxylic acids is 1. The minimum Gasteiger partial charge on any atom is -0.481 e. The number of aromatic nitrogens is 1. The monoisotopic (exact) mass is 319 g/mol. The highest BCUT2D eigenvalue weighted by atomic mass is 79.9. The molecule has 4 heteroatoms. The van der Waals surface area contributed by atoms with Gasteiger partial charge in [0.25, 0.3) is 0 Å². The van der Waals surface area contributed by atoms with Gasteiger partial charge < -0.3 is 5.11 Å². The SMILES string of the molecule is Cc1cnccc1C(Cc1ccc(Br)cc1)C(=O)O. The van der Waals surface area contributed by atoms with Crippen LogP contribution in [0.5, 0.6) is 0 Å². The first-order chi connectivity index (χ1) is 9.08. The molecule has 0 fully saturated rings. The molecule has 1 atom stereocenters. The Morgan fingerprint density at radius 3 is 2.58 bits per heavy atom. The molecule has 3 nitrogen and oxygen atoms in total. The maximum Gasteiger partial charge on any atom is 0.311 e. The topological polar surface area (TPSA) is 50.2 Å². The Labute approximate surface area is 120 Å². The van der Waals surface area contributed by atoms with Gasteiger partial charge in [-0.2, -0.15) is 0 Å². The van der Waals surface area contributed by atoms with Crippen LogP contribution in [0.1, 0.15) is 22.6 Å². The third-order valence-corrected chi connectivity index (χ3v) is 3.62. The zero-order valence-corrected chi connectivity index (χ0v) is 12.1. The molecule has 1 heterocycles. The minimum absolute atomic E-state index is 0.480. The minimum atomic E-state index is -0.808. The van der Waals surface area contributed by atoms with Crippen LogP contribution in [0.4, 0.5) is 0 Å². The van der Waals surface area contributed by atoms with Gasteiger partial charge in [0, 0.05) is 16.9 Å². The predicted octanol–water partition coefficient (Wildman–Crippen LogP) is 3.56. The van der Waals surface area contributed by atoms with Gasteiger partial charge in [0.15, 0.2) is 0 Å². The molecule has 1 unspecified atom stereocenters. The molecule has 0 aliphatic heterocycles. The van der Waals surface area contributed by atoms with Gasteiger partial charge in [0.05, 0.1) is 5.92 Å². The van der Waals surface area contributed by atoms with Crippen molar-refractivity contribution in [2.24, 2.45) is 0 Å². The quantitative estimate of drug-likeness (QED) is 0.937. The number of nitrogens with zero attached hydrogens (tertiary/aromatic N) is 1. The summed E-state index contributed by atoms with van der Waals surface area (Å²) in [6.45, 7) is 1.89. The molecular weight excluding hydrogens is 306 g/mol. The Kier molecular flexibility index (Phi) is 4.32. The molecule has 2 rings (SSSR count). The Morgan fingerprint density at radius 2 is 2.00 bits per heavy atom. The normalized spacial score (nSPS) is 12.1. The van der Waals surface area contributed by atoms with Crippen LogP contribution in [0.2, 0.25) is 0 Å². The second-order valence-electron chi connectivity index (χ2n) is 4.45. The molecule has 0 spiro atoms. The number of halogens is 1. The fraction of sp³-hybridized carbons (Fsp3) is 0.200. The third kappa shape index (κ3) is 3.41. The van der Waals surface area contributed by atoms with Crippen molar-refractivity contribution >= 4 is 21.9 Å². The number of carboxylic acids is 1. The van der Waals surface area contributed by atoms with Gasteiger partial charge in [-0.15, -0.1) is 0 Å². The zero-order chi connectivity index (χ0) is 13.8. The number of aryl methyl sites for hydroxylation is 1. The Hall–Kier alpha value is -1.68. The molecule has 0 aliphatic rings. The molecule has 0 amide bonds. The maximum atomic E-state index is 11.5. The molecule has 0 radical (unpaired) electrons. The van der Waals surface area contributed by atoms with Gasteiger partial charge in [-0.3, -0.25) is 9.78 Å². The van der Waals surface area contributed by atoms with Crippen molar-refractivity contribution < 1.29 is 9.90 Å². The number of carbonyl (C=O) groups is 1. The summed E-state index contributed by atoms with van der Waals surface area (Å²) in [4.78, 5) is 15.5. The van der Waals surface area contributed by atoms with Gasteiger partial charge in [-0.25, -0.2) is 0 Å². The summed E-state index contributed by atoms with van der Waals surface area (Å²) in [7, 11) is 0. The van der Waals surface area contributed by atoms with Crippen molar-refractivity contribution in [2.75, 3.05) is 0 Å². The standard InChI is InChI=1S/C15H14BrNO2/c1-10-9-17-7-6-13(10)14(15(18)19)8-11-2-4-12(16)5-3-11/h2-7,9,14H,8H2,1H3,(H,18,19). The van der Waals surface area contributed by atoms with Crippen LogP contribution in [0.3, 0.4) is 0 Å². The van der Waals surface area contributed by atoms with Crippen LogP contribution in [-0.4, -0.2) is 16.1 Å². The lowest BCUT2D eigenvalue weighted by atomic mass is 9.90. The highest BCUT2D eigenvalue weighted by molar-refractivity contribution is 9.10. The molecule has 1 aromatic heterocycles. The summed E-state index contributed by atoms with van der Waals surface area (Å²) in [5, 5.41) is 9.44. The molecule has 0 bridgehead atoms. The van der Waals surface area contributed by atoms with Gasteiger partial charge in [-0.05, 0) is 48.2 Å². The summed E-state index contributed by atoms with van der Waals surface area (Å²) >= 11 is 3.37. The van der Waals surface area contributed by atoms with Crippen LogP contribution in [-0.2, 0) is 11.2 Å². The molecule has 98 valence electrons. The molecule has 1 N–H and O–H groups in total. The summed E-state index contributed by atoms with van der Waals surface area (Å²) in [6.07, 6.45) is 3.82. The van der Waals surface area contributed by atoms with Gasteiger partial charge in [0.1, 0.15) is 0 Å². The average Bonchev–Trinajstić information content (AvgIpc) is 2.39. The van der Waals surface area contributed by atoms with Crippen LogP contribution in [0.15, 0.2) is 47.2 Å². The van der Waals surface area contributed by atoms with Crippen molar-refractivity contribution in [3.8, 4) is 0 Å². The Bertz CT molecular complexity index is 581. The summed E-state index contributed by atoms with van der Waals surface area (Å²) < 4.78 is 0.989. The largest absolute Gasteiger partial charge is 0.481 e. The van der Waals surface area contributed by atoms with Crippen LogP contribution < -0.4 is 0 Å².